The van der Waals surface area contributed by atoms with Gasteiger partial charge >= 0.3 is 11.9 Å². The molecule has 3 N–H and O–H groups in total. The van der Waals surface area contributed by atoms with Gasteiger partial charge in [-0.25, -0.2) is 15.0 Å². The van der Waals surface area contributed by atoms with Gasteiger partial charge in [0.15, 0.2) is 30.1 Å². The number of nitrogens with zero attached hydrogens (tertiary/aromatic N) is 4. The largest absolute Gasteiger partial charge is 0.463 e. The molecule has 0 bridgehead atoms. The molecule has 0 radical (unpaired) electrons. The number of ether oxygens (including phenoxy) is 5. The van der Waals surface area contributed by atoms with Crippen molar-refractivity contribution in [3.05, 3.63) is 12.7 Å². The number of imidazole rings is 1. The summed E-state index contributed by atoms with van der Waals surface area (Å²) in [6, 6.07) is 0. The number of nitrogen functional groups attached to an aromatic ring is 1. The van der Waals surface area contributed by atoms with E-state index in [1.165, 1.54) is 45.1 Å². The quantitative estimate of drug-likeness (QED) is 0.259. The number of hydrogen-bond donors (Lipinski definition) is 2. The first kappa shape index (κ1) is 29.0. The van der Waals surface area contributed by atoms with Crippen LogP contribution in [0.3, 0.4) is 0 Å². The van der Waals surface area contributed by atoms with Crippen molar-refractivity contribution in [2.24, 2.45) is 0 Å². The second-order valence-electron chi connectivity index (χ2n) is 8.78. The van der Waals surface area contributed by atoms with Crippen molar-refractivity contribution in [1.29, 1.82) is 0 Å². The van der Waals surface area contributed by atoms with Gasteiger partial charge in [0, 0.05) is 20.0 Å². The average molecular weight is 538 g/mol. The van der Waals surface area contributed by atoms with E-state index in [0.717, 1.165) is 0 Å². The number of rotatable bonds is 13. The fourth-order valence-electron chi connectivity index (χ4n) is 3.78. The van der Waals surface area contributed by atoms with Gasteiger partial charge in [0.2, 0.25) is 0 Å². The van der Waals surface area contributed by atoms with Crippen molar-refractivity contribution < 1.29 is 48.0 Å². The Balaban J connectivity index is 1.98. The maximum atomic E-state index is 12.6. The number of Topliss-reactive ketones (excluding diaryl/α,β-unsaturated/α-hetero) is 2. The molecule has 38 heavy (non-hydrogen) atoms. The Labute approximate surface area is 217 Å². The molecule has 0 spiro atoms. The lowest BCUT2D eigenvalue weighted by Crippen LogP contribution is -2.53. The molecule has 15 heteroatoms. The smallest absolute Gasteiger partial charge is 0.306 e. The lowest BCUT2D eigenvalue weighted by Gasteiger charge is -2.35. The Morgan fingerprint density at radius 3 is 2.39 bits per heavy atom. The van der Waals surface area contributed by atoms with Gasteiger partial charge in [-0.05, 0) is 20.8 Å². The molecule has 1 aliphatic rings. The maximum absolute atomic E-state index is 12.6. The molecule has 2 aromatic rings. The van der Waals surface area contributed by atoms with Crippen LogP contribution in [0, 0.1) is 0 Å². The number of nitrogens with two attached hydrogens (primary N) is 1. The van der Waals surface area contributed by atoms with Crippen LogP contribution in [-0.2, 0) is 42.9 Å². The molecule has 0 aromatic carbocycles. The van der Waals surface area contributed by atoms with Gasteiger partial charge in [0.1, 0.15) is 36.1 Å². The first-order chi connectivity index (χ1) is 18.0. The summed E-state index contributed by atoms with van der Waals surface area (Å²) in [5.41, 5.74) is 6.28. The topological polar surface area (TPSA) is 204 Å². The molecule has 3 rings (SSSR count). The number of carbonyl (C=O) groups excluding carboxylic acids is 4. The van der Waals surface area contributed by atoms with Crippen molar-refractivity contribution in [1.82, 2.24) is 19.5 Å². The molecule has 15 nitrogen and oxygen atoms in total. The van der Waals surface area contributed by atoms with E-state index < -0.39 is 49.1 Å². The van der Waals surface area contributed by atoms with Crippen LogP contribution in [0.5, 0.6) is 0 Å². The second kappa shape index (κ2) is 12.3. The minimum atomic E-state index is -2.41. The van der Waals surface area contributed by atoms with Gasteiger partial charge in [-0.1, -0.05) is 0 Å². The number of aliphatic hydroxyl groups is 1. The molecule has 1 fully saturated rings. The Morgan fingerprint density at radius 1 is 1.11 bits per heavy atom. The number of carbonyl (C=O) groups is 4. The van der Waals surface area contributed by atoms with Gasteiger partial charge in [-0.3, -0.25) is 14.2 Å². The molecule has 3 heterocycles. The van der Waals surface area contributed by atoms with Gasteiger partial charge < -0.3 is 44.1 Å². The van der Waals surface area contributed by atoms with Crippen molar-refractivity contribution >= 4 is 40.5 Å². The molecular weight excluding hydrogens is 506 g/mol. The molecule has 0 saturated carbocycles. The number of aromatic nitrogens is 4. The molecule has 1 unspecified atom stereocenters. The predicted molar refractivity (Wildman–Crippen MR) is 127 cm³/mol. The minimum absolute atomic E-state index is 0.0169. The number of ketones is 2. The summed E-state index contributed by atoms with van der Waals surface area (Å²) in [6.07, 6.45) is -3.32. The summed E-state index contributed by atoms with van der Waals surface area (Å²) in [4.78, 5) is 59.6. The van der Waals surface area contributed by atoms with Gasteiger partial charge in [-0.2, -0.15) is 0 Å². The highest BCUT2D eigenvalue weighted by Crippen LogP contribution is 2.43. The van der Waals surface area contributed by atoms with Crippen molar-refractivity contribution in [3.8, 4) is 0 Å². The third-order valence-corrected chi connectivity index (χ3v) is 5.76. The lowest BCUT2D eigenvalue weighted by molar-refractivity contribution is -0.331. The van der Waals surface area contributed by atoms with E-state index in [-0.39, 0.29) is 54.2 Å². The van der Waals surface area contributed by atoms with Crippen LogP contribution < -0.4 is 5.73 Å². The summed E-state index contributed by atoms with van der Waals surface area (Å²) < 4.78 is 29.1. The van der Waals surface area contributed by atoms with E-state index in [2.05, 4.69) is 15.0 Å². The van der Waals surface area contributed by atoms with Crippen LogP contribution >= 0.6 is 0 Å². The summed E-state index contributed by atoms with van der Waals surface area (Å²) in [6.45, 7) is 3.69. The van der Waals surface area contributed by atoms with Gasteiger partial charge in [0.05, 0.1) is 19.2 Å². The molecule has 0 aliphatic carbocycles. The Morgan fingerprint density at radius 2 is 1.76 bits per heavy atom. The predicted octanol–water partition coefficient (Wildman–Crippen LogP) is 0.197. The van der Waals surface area contributed by atoms with Crippen molar-refractivity contribution in [2.45, 2.75) is 77.0 Å². The van der Waals surface area contributed by atoms with Crippen LogP contribution in [0.25, 0.3) is 11.2 Å². The molecule has 1 aliphatic heterocycles. The Kier molecular flexibility index (Phi) is 9.43. The van der Waals surface area contributed by atoms with E-state index in [1.54, 1.807) is 0 Å². The zero-order valence-corrected chi connectivity index (χ0v) is 21.5. The van der Waals surface area contributed by atoms with Crippen LogP contribution in [-0.4, -0.2) is 86.1 Å². The number of fused-ring (bicyclic) bond motifs is 1. The van der Waals surface area contributed by atoms with E-state index in [4.69, 9.17) is 29.4 Å². The summed E-state index contributed by atoms with van der Waals surface area (Å²) in [5.74, 6) is -4.29. The highest BCUT2D eigenvalue weighted by atomic mass is 16.8. The normalized spacial score (nSPS) is 23.8. The molecule has 5 atom stereocenters. The molecule has 208 valence electrons. The van der Waals surface area contributed by atoms with Crippen molar-refractivity contribution in [3.63, 3.8) is 0 Å². The fraction of sp³-hybridized carbons (Fsp3) is 0.609. The van der Waals surface area contributed by atoms with Gasteiger partial charge in [0.25, 0.3) is 5.79 Å². The van der Waals surface area contributed by atoms with E-state index in [0.29, 0.717) is 0 Å². The first-order valence-corrected chi connectivity index (χ1v) is 11.8. The van der Waals surface area contributed by atoms with Crippen LogP contribution in [0.15, 0.2) is 12.7 Å². The standard InChI is InChI=1S/C23H31N5O10/c1-12(29)5-7-16(31)35-9-15-19(37-17(32)8-6-13(2)30)23(33,38-14(3)34-4)22(36-15)28-11-27-18-20(24)25-10-26-21(18)28/h10-11,14-15,19,22,33H,5-9H2,1-4H3,(H2,24,25,26)/t14?,15-,19-,22-,23+/m1/s1. The SMILES string of the molecule is COC(C)O[C@@]1(O)[C@H](OC(=O)CCC(C)=O)[C@@H](COC(=O)CCC(C)=O)O[C@H]1n1cnc2c(N)ncnc21. The number of esters is 2. The molecular formula is C23H31N5O10. The van der Waals surface area contributed by atoms with Crippen LogP contribution in [0.2, 0.25) is 0 Å². The second-order valence-corrected chi connectivity index (χ2v) is 8.78. The maximum Gasteiger partial charge on any atom is 0.306 e. The number of hydrogen-bond acceptors (Lipinski definition) is 14. The summed E-state index contributed by atoms with van der Waals surface area (Å²) in [5, 5.41) is 11.9. The minimum Gasteiger partial charge on any atom is -0.463 e. The zero-order chi connectivity index (χ0) is 28.0. The summed E-state index contributed by atoms with van der Waals surface area (Å²) >= 11 is 0. The van der Waals surface area contributed by atoms with E-state index in [1.807, 2.05) is 0 Å². The Bertz CT molecular complexity index is 1190. The fourth-order valence-corrected chi connectivity index (χ4v) is 3.78. The van der Waals surface area contributed by atoms with E-state index >= 15 is 0 Å². The highest BCUT2D eigenvalue weighted by Gasteiger charge is 2.62. The van der Waals surface area contributed by atoms with Crippen molar-refractivity contribution in [2.75, 3.05) is 19.5 Å². The highest BCUT2D eigenvalue weighted by molar-refractivity contribution is 5.82. The molecule has 0 amide bonds. The number of anilines is 1. The first-order valence-electron chi connectivity index (χ1n) is 11.8. The lowest BCUT2D eigenvalue weighted by atomic mass is 10.1. The Hall–Kier alpha value is -3.53. The van der Waals surface area contributed by atoms with E-state index in [9.17, 15) is 24.3 Å². The zero-order valence-electron chi connectivity index (χ0n) is 21.5. The summed E-state index contributed by atoms with van der Waals surface area (Å²) in [7, 11) is 1.33. The van der Waals surface area contributed by atoms with Crippen LogP contribution in [0.1, 0.15) is 52.7 Å². The monoisotopic (exact) mass is 537 g/mol. The molecule has 1 saturated heterocycles. The van der Waals surface area contributed by atoms with Gasteiger partial charge in [-0.15, -0.1) is 0 Å². The molecule has 2 aromatic heterocycles. The third kappa shape index (κ3) is 6.66. The number of methoxy groups -OCH3 is 1. The third-order valence-electron chi connectivity index (χ3n) is 5.76. The average Bonchev–Trinajstić information content (AvgIpc) is 3.40. The van der Waals surface area contributed by atoms with Crippen LogP contribution in [0.4, 0.5) is 5.82 Å².